The number of allylic oxidation sites excluding steroid dienone is 1. The Kier molecular flexibility index (Phi) is 7.17. The Morgan fingerprint density at radius 1 is 1.41 bits per heavy atom. The zero-order valence-corrected chi connectivity index (χ0v) is 14.1. The van der Waals surface area contributed by atoms with Crippen LogP contribution in [0.2, 0.25) is 0 Å². The number of nitrogens with one attached hydrogen (secondary N) is 2. The van der Waals surface area contributed by atoms with Gasteiger partial charge in [-0.05, 0) is 37.0 Å². The molecule has 122 valence electrons. The van der Waals surface area contributed by atoms with E-state index in [9.17, 15) is 9.59 Å². The largest absolute Gasteiger partial charge is 0.356 e. The van der Waals surface area contributed by atoms with Crippen molar-refractivity contribution in [3.05, 3.63) is 11.6 Å². The molecule has 0 aromatic carbocycles. The van der Waals surface area contributed by atoms with Crippen molar-refractivity contribution in [2.24, 2.45) is 23.7 Å². The average Bonchev–Trinajstić information content (AvgIpc) is 2.44. The molecule has 0 saturated carbocycles. The number of rotatable bonds is 6. The monoisotopic (exact) mass is 304 g/mol. The van der Waals surface area contributed by atoms with E-state index in [2.05, 4.69) is 43.4 Å². The highest BCUT2D eigenvalue weighted by Gasteiger charge is 2.32. The number of hydrogen-bond acceptors (Lipinski definition) is 2. The molecule has 0 aliphatic heterocycles. The molecule has 0 heterocycles. The van der Waals surface area contributed by atoms with Gasteiger partial charge in [0.2, 0.25) is 11.8 Å². The number of carbonyl (C=O) groups is 2. The van der Waals surface area contributed by atoms with Crippen LogP contribution < -0.4 is 10.6 Å². The highest BCUT2D eigenvalue weighted by Crippen LogP contribution is 2.38. The molecule has 2 N–H and O–H groups in total. The first-order valence-corrected chi connectivity index (χ1v) is 7.98. The first-order chi connectivity index (χ1) is 10.3. The van der Waals surface area contributed by atoms with Gasteiger partial charge in [0.25, 0.3) is 0 Å². The molecule has 1 aliphatic rings. The molecule has 1 rings (SSSR count). The molecule has 0 fully saturated rings. The molecule has 0 radical (unpaired) electrons. The van der Waals surface area contributed by atoms with E-state index < -0.39 is 0 Å². The van der Waals surface area contributed by atoms with Crippen LogP contribution in [0.4, 0.5) is 0 Å². The number of hydrogen-bond donors (Lipinski definition) is 2. The Morgan fingerprint density at radius 3 is 2.64 bits per heavy atom. The van der Waals surface area contributed by atoms with Crippen LogP contribution in [-0.4, -0.2) is 24.9 Å². The van der Waals surface area contributed by atoms with Crippen LogP contribution >= 0.6 is 0 Å². The standard InChI is InChI=1S/C18H28N2O2/c1-6-7-19-18(22)10-15-9-17(12(2)3)16(8-13(15)4)11-20-14(5)21/h1,8,12,15-17H,7,9-11H2,2-5H3,(H,19,22)(H,20,21)/t15-,16-,17-/m0/s1. The van der Waals surface area contributed by atoms with Crippen molar-refractivity contribution in [1.29, 1.82) is 0 Å². The van der Waals surface area contributed by atoms with Gasteiger partial charge in [0.15, 0.2) is 0 Å². The molecule has 3 atom stereocenters. The normalized spacial score (nSPS) is 24.4. The second kappa shape index (κ2) is 8.63. The second-order valence-corrected chi connectivity index (χ2v) is 6.54. The molecule has 1 aliphatic carbocycles. The summed E-state index contributed by atoms with van der Waals surface area (Å²) < 4.78 is 0. The Balaban J connectivity index is 2.75. The van der Waals surface area contributed by atoms with E-state index in [1.165, 1.54) is 5.57 Å². The lowest BCUT2D eigenvalue weighted by atomic mass is 9.69. The maximum absolute atomic E-state index is 11.9. The summed E-state index contributed by atoms with van der Waals surface area (Å²) in [4.78, 5) is 23.1. The van der Waals surface area contributed by atoms with Gasteiger partial charge in [-0.3, -0.25) is 9.59 Å². The molecular weight excluding hydrogens is 276 g/mol. The summed E-state index contributed by atoms with van der Waals surface area (Å²) in [5.41, 5.74) is 1.24. The first-order valence-electron chi connectivity index (χ1n) is 7.98. The van der Waals surface area contributed by atoms with Crippen molar-refractivity contribution in [3.63, 3.8) is 0 Å². The average molecular weight is 304 g/mol. The summed E-state index contributed by atoms with van der Waals surface area (Å²) in [7, 11) is 0. The van der Waals surface area contributed by atoms with E-state index in [4.69, 9.17) is 6.42 Å². The Labute approximate surface area is 134 Å². The predicted octanol–water partition coefficient (Wildman–Crippen LogP) is 2.12. The van der Waals surface area contributed by atoms with Gasteiger partial charge in [0, 0.05) is 19.9 Å². The fraction of sp³-hybridized carbons (Fsp3) is 0.667. The third kappa shape index (κ3) is 5.55. The lowest BCUT2D eigenvalue weighted by Gasteiger charge is -2.37. The number of carbonyl (C=O) groups excluding carboxylic acids is 2. The quantitative estimate of drug-likeness (QED) is 0.583. The van der Waals surface area contributed by atoms with E-state index in [1.807, 2.05) is 0 Å². The summed E-state index contributed by atoms with van der Waals surface area (Å²) in [5, 5.41) is 5.66. The lowest BCUT2D eigenvalue weighted by Crippen LogP contribution is -2.37. The van der Waals surface area contributed by atoms with Gasteiger partial charge < -0.3 is 10.6 Å². The minimum Gasteiger partial charge on any atom is -0.356 e. The minimum atomic E-state index is 0.00402. The van der Waals surface area contributed by atoms with Crippen molar-refractivity contribution in [3.8, 4) is 12.3 Å². The maximum Gasteiger partial charge on any atom is 0.221 e. The Hall–Kier alpha value is -1.76. The molecule has 0 unspecified atom stereocenters. The highest BCUT2D eigenvalue weighted by atomic mass is 16.2. The Bertz CT molecular complexity index is 474. The molecule has 4 heteroatoms. The van der Waals surface area contributed by atoms with Crippen LogP contribution in [0, 0.1) is 36.0 Å². The predicted molar refractivity (Wildman–Crippen MR) is 88.8 cm³/mol. The fourth-order valence-electron chi connectivity index (χ4n) is 3.21. The smallest absolute Gasteiger partial charge is 0.221 e. The summed E-state index contributed by atoms with van der Waals surface area (Å²) in [6.45, 7) is 8.99. The van der Waals surface area contributed by atoms with Gasteiger partial charge in [-0.25, -0.2) is 0 Å². The van der Waals surface area contributed by atoms with Crippen LogP contribution in [0.15, 0.2) is 11.6 Å². The lowest BCUT2D eigenvalue weighted by molar-refractivity contribution is -0.121. The minimum absolute atomic E-state index is 0.00402. The zero-order valence-electron chi connectivity index (χ0n) is 14.1. The van der Waals surface area contributed by atoms with E-state index in [-0.39, 0.29) is 24.3 Å². The van der Waals surface area contributed by atoms with Crippen LogP contribution in [0.5, 0.6) is 0 Å². The zero-order chi connectivity index (χ0) is 16.7. The SMILES string of the molecule is C#CCNC(=O)C[C@@H]1C[C@@H](C(C)C)[C@H](CNC(C)=O)C=C1C. The maximum atomic E-state index is 11.9. The number of amides is 2. The molecule has 0 saturated heterocycles. The second-order valence-electron chi connectivity index (χ2n) is 6.54. The van der Waals surface area contributed by atoms with E-state index >= 15 is 0 Å². The Morgan fingerprint density at radius 2 is 2.09 bits per heavy atom. The van der Waals surface area contributed by atoms with Gasteiger partial charge in [-0.2, -0.15) is 0 Å². The molecule has 0 bridgehead atoms. The molecule has 2 amide bonds. The van der Waals surface area contributed by atoms with E-state index in [1.54, 1.807) is 6.92 Å². The topological polar surface area (TPSA) is 58.2 Å². The van der Waals surface area contributed by atoms with E-state index in [0.717, 1.165) is 6.42 Å². The van der Waals surface area contributed by atoms with Crippen molar-refractivity contribution in [2.45, 2.75) is 40.5 Å². The fourth-order valence-corrected chi connectivity index (χ4v) is 3.21. The van der Waals surface area contributed by atoms with Crippen molar-refractivity contribution in [2.75, 3.05) is 13.1 Å². The molecular formula is C18H28N2O2. The van der Waals surface area contributed by atoms with Crippen LogP contribution in [0.25, 0.3) is 0 Å². The van der Waals surface area contributed by atoms with Crippen LogP contribution in [0.1, 0.15) is 40.5 Å². The van der Waals surface area contributed by atoms with E-state index in [0.29, 0.717) is 30.7 Å². The third-order valence-corrected chi connectivity index (χ3v) is 4.49. The summed E-state index contributed by atoms with van der Waals surface area (Å²) in [6, 6.07) is 0. The highest BCUT2D eigenvalue weighted by molar-refractivity contribution is 5.76. The summed E-state index contributed by atoms with van der Waals surface area (Å²) in [5.74, 6) is 4.03. The molecule has 22 heavy (non-hydrogen) atoms. The number of terminal acetylenes is 1. The third-order valence-electron chi connectivity index (χ3n) is 4.49. The van der Waals surface area contributed by atoms with Crippen molar-refractivity contribution in [1.82, 2.24) is 10.6 Å². The van der Waals surface area contributed by atoms with Crippen molar-refractivity contribution < 1.29 is 9.59 Å². The molecule has 0 aromatic rings. The van der Waals surface area contributed by atoms with Crippen LogP contribution in [0.3, 0.4) is 0 Å². The van der Waals surface area contributed by atoms with Gasteiger partial charge in [-0.15, -0.1) is 6.42 Å². The van der Waals surface area contributed by atoms with Gasteiger partial charge in [-0.1, -0.05) is 31.4 Å². The molecule has 0 spiro atoms. The van der Waals surface area contributed by atoms with Gasteiger partial charge >= 0.3 is 0 Å². The summed E-state index contributed by atoms with van der Waals surface area (Å²) >= 11 is 0. The summed E-state index contributed by atoms with van der Waals surface area (Å²) in [6.07, 6.45) is 8.87. The molecule has 4 nitrogen and oxygen atoms in total. The van der Waals surface area contributed by atoms with Gasteiger partial charge in [0.05, 0.1) is 6.54 Å². The van der Waals surface area contributed by atoms with Crippen molar-refractivity contribution >= 4 is 11.8 Å². The molecule has 0 aromatic heterocycles. The van der Waals surface area contributed by atoms with Crippen LogP contribution in [-0.2, 0) is 9.59 Å². The first kappa shape index (κ1) is 18.3. The van der Waals surface area contributed by atoms with Gasteiger partial charge in [0.1, 0.15) is 0 Å².